The molecule has 0 saturated heterocycles. The van der Waals surface area contributed by atoms with Crippen molar-refractivity contribution < 1.29 is 19.1 Å². The lowest BCUT2D eigenvalue weighted by atomic mass is 9.88. The Hall–Kier alpha value is -2.12. The lowest BCUT2D eigenvalue weighted by molar-refractivity contribution is -0.115. The topological polar surface area (TPSA) is 71.1 Å². The Balaban J connectivity index is 1.89. The monoisotopic (exact) mass is 473 g/mol. The lowest BCUT2D eigenvalue weighted by Crippen LogP contribution is -2.48. The first-order chi connectivity index (χ1) is 16.3. The van der Waals surface area contributed by atoms with E-state index in [4.69, 9.17) is 9.47 Å². The number of amides is 2. The molecule has 190 valence electrons. The van der Waals surface area contributed by atoms with E-state index in [0.717, 1.165) is 19.0 Å². The van der Waals surface area contributed by atoms with Gasteiger partial charge in [0.2, 0.25) is 5.91 Å². The molecule has 1 saturated carbocycles. The maximum absolute atomic E-state index is 13.3. The number of rotatable bonds is 5. The van der Waals surface area contributed by atoms with Crippen LogP contribution in [0.5, 0.6) is 5.75 Å². The molecule has 0 spiro atoms. The standard InChI is InChI=1S/C27H43N3O4/c1-6-26(31)28-22-12-13-23-24(14-22)34-18-20(3)30(16-21-10-8-7-9-11-21)15-19(2)25(33-5)17-29(4)27(23)32/h12-14,19-21,25H,6-11,15-18H2,1-5H3,(H,28,31)/t19-,20+,25+/m1/s1. The second-order valence-corrected chi connectivity index (χ2v) is 10.2. The summed E-state index contributed by atoms with van der Waals surface area (Å²) in [7, 11) is 3.55. The molecule has 34 heavy (non-hydrogen) atoms. The van der Waals surface area contributed by atoms with E-state index in [1.807, 2.05) is 14.0 Å². The van der Waals surface area contributed by atoms with E-state index >= 15 is 0 Å². The van der Waals surface area contributed by atoms with Crippen LogP contribution in [-0.4, -0.2) is 74.2 Å². The fraction of sp³-hybridized carbons (Fsp3) is 0.704. The van der Waals surface area contributed by atoms with Crippen molar-refractivity contribution in [2.75, 3.05) is 45.7 Å². The highest BCUT2D eigenvalue weighted by molar-refractivity contribution is 5.98. The zero-order valence-electron chi connectivity index (χ0n) is 21.6. The summed E-state index contributed by atoms with van der Waals surface area (Å²) in [4.78, 5) is 29.5. The van der Waals surface area contributed by atoms with Crippen LogP contribution in [0.1, 0.15) is 69.7 Å². The van der Waals surface area contributed by atoms with Crippen molar-refractivity contribution >= 4 is 17.5 Å². The number of nitrogens with one attached hydrogen (secondary N) is 1. The number of hydrogen-bond donors (Lipinski definition) is 1. The molecule has 1 aliphatic heterocycles. The summed E-state index contributed by atoms with van der Waals surface area (Å²) in [6, 6.07) is 5.48. The van der Waals surface area contributed by atoms with Gasteiger partial charge in [-0.3, -0.25) is 14.5 Å². The Kier molecular flexibility index (Phi) is 9.77. The van der Waals surface area contributed by atoms with Gasteiger partial charge in [0.05, 0.1) is 11.7 Å². The molecule has 1 aromatic carbocycles. The van der Waals surface area contributed by atoms with Gasteiger partial charge in [0.15, 0.2) is 0 Å². The van der Waals surface area contributed by atoms with Crippen LogP contribution in [0.25, 0.3) is 0 Å². The number of ether oxygens (including phenoxy) is 2. The molecular formula is C27H43N3O4. The Morgan fingerprint density at radius 3 is 2.59 bits per heavy atom. The Morgan fingerprint density at radius 2 is 1.91 bits per heavy atom. The maximum atomic E-state index is 13.3. The third-order valence-corrected chi connectivity index (χ3v) is 7.40. The molecule has 1 aliphatic carbocycles. The van der Waals surface area contributed by atoms with Crippen molar-refractivity contribution in [3.63, 3.8) is 0 Å². The molecule has 1 N–H and O–H groups in total. The first-order valence-corrected chi connectivity index (χ1v) is 12.9. The van der Waals surface area contributed by atoms with Crippen LogP contribution in [0, 0.1) is 11.8 Å². The Labute approximate surface area is 205 Å². The number of carbonyl (C=O) groups excluding carboxylic acids is 2. The van der Waals surface area contributed by atoms with E-state index in [2.05, 4.69) is 24.1 Å². The number of fused-ring (bicyclic) bond motifs is 1. The van der Waals surface area contributed by atoms with Gasteiger partial charge in [-0.1, -0.05) is 33.1 Å². The van der Waals surface area contributed by atoms with Gasteiger partial charge in [-0.05, 0) is 43.7 Å². The molecule has 2 aliphatic rings. The highest BCUT2D eigenvalue weighted by atomic mass is 16.5. The summed E-state index contributed by atoms with van der Waals surface area (Å²) in [5.41, 5.74) is 1.15. The van der Waals surface area contributed by atoms with Crippen LogP contribution in [0.4, 0.5) is 5.69 Å². The average molecular weight is 474 g/mol. The summed E-state index contributed by atoms with van der Waals surface area (Å²) >= 11 is 0. The highest BCUT2D eigenvalue weighted by Gasteiger charge is 2.29. The zero-order chi connectivity index (χ0) is 24.7. The van der Waals surface area contributed by atoms with Crippen molar-refractivity contribution in [3.05, 3.63) is 23.8 Å². The number of anilines is 1. The zero-order valence-corrected chi connectivity index (χ0v) is 21.6. The van der Waals surface area contributed by atoms with Gasteiger partial charge < -0.3 is 19.7 Å². The Bertz CT molecular complexity index is 824. The molecule has 3 atom stereocenters. The van der Waals surface area contributed by atoms with Gasteiger partial charge in [0, 0.05) is 58.0 Å². The molecule has 1 heterocycles. The number of carbonyl (C=O) groups is 2. The molecule has 1 aromatic rings. The Morgan fingerprint density at radius 1 is 1.18 bits per heavy atom. The van der Waals surface area contributed by atoms with Gasteiger partial charge in [0.25, 0.3) is 5.91 Å². The largest absolute Gasteiger partial charge is 0.491 e. The van der Waals surface area contributed by atoms with Gasteiger partial charge in [-0.2, -0.15) is 0 Å². The molecule has 1 fully saturated rings. The number of likely N-dealkylation sites (N-methyl/N-ethyl adjacent to an activating group) is 1. The van der Waals surface area contributed by atoms with E-state index in [1.165, 1.54) is 32.1 Å². The minimum Gasteiger partial charge on any atom is -0.491 e. The fourth-order valence-electron chi connectivity index (χ4n) is 5.13. The maximum Gasteiger partial charge on any atom is 0.257 e. The summed E-state index contributed by atoms with van der Waals surface area (Å²) in [5.74, 6) is 1.34. The predicted molar refractivity (Wildman–Crippen MR) is 135 cm³/mol. The van der Waals surface area contributed by atoms with Crippen molar-refractivity contribution in [2.24, 2.45) is 11.8 Å². The van der Waals surface area contributed by atoms with Gasteiger partial charge in [-0.15, -0.1) is 0 Å². The minimum absolute atomic E-state index is 0.0538. The number of benzene rings is 1. The van der Waals surface area contributed by atoms with Gasteiger partial charge in [0.1, 0.15) is 12.4 Å². The molecule has 0 bridgehead atoms. The van der Waals surface area contributed by atoms with E-state index in [9.17, 15) is 9.59 Å². The summed E-state index contributed by atoms with van der Waals surface area (Å²) < 4.78 is 12.1. The lowest BCUT2D eigenvalue weighted by Gasteiger charge is -2.38. The predicted octanol–water partition coefficient (Wildman–Crippen LogP) is 4.42. The second kappa shape index (κ2) is 12.5. The van der Waals surface area contributed by atoms with Crippen LogP contribution in [-0.2, 0) is 9.53 Å². The SMILES string of the molecule is CCC(=O)Nc1ccc2c(c1)OC[C@H](C)N(CC1CCCCC1)C[C@@H](C)[C@@H](OC)CN(C)C2=O. The summed E-state index contributed by atoms with van der Waals surface area (Å²) in [6.45, 7) is 9.20. The molecule has 0 unspecified atom stereocenters. The fourth-order valence-corrected chi connectivity index (χ4v) is 5.13. The highest BCUT2D eigenvalue weighted by Crippen LogP contribution is 2.29. The normalized spacial score (nSPS) is 25.6. The third kappa shape index (κ3) is 6.95. The van der Waals surface area contributed by atoms with Gasteiger partial charge >= 0.3 is 0 Å². The van der Waals surface area contributed by atoms with E-state index in [1.54, 1.807) is 30.2 Å². The molecular weight excluding hydrogens is 430 g/mol. The van der Waals surface area contributed by atoms with Crippen molar-refractivity contribution in [3.8, 4) is 5.75 Å². The number of hydrogen-bond acceptors (Lipinski definition) is 5. The molecule has 3 rings (SSSR count). The van der Waals surface area contributed by atoms with Crippen molar-refractivity contribution in [2.45, 2.75) is 71.4 Å². The molecule has 0 radical (unpaired) electrons. The summed E-state index contributed by atoms with van der Waals surface area (Å²) in [6.07, 6.45) is 6.94. The molecule has 7 heteroatoms. The van der Waals surface area contributed by atoms with E-state index in [-0.39, 0.29) is 29.9 Å². The van der Waals surface area contributed by atoms with Gasteiger partial charge in [-0.25, -0.2) is 0 Å². The molecule has 7 nitrogen and oxygen atoms in total. The van der Waals surface area contributed by atoms with Crippen LogP contribution in [0.3, 0.4) is 0 Å². The average Bonchev–Trinajstić information content (AvgIpc) is 2.84. The first kappa shape index (κ1) is 26.5. The van der Waals surface area contributed by atoms with Crippen molar-refractivity contribution in [1.29, 1.82) is 0 Å². The third-order valence-electron chi connectivity index (χ3n) is 7.40. The first-order valence-electron chi connectivity index (χ1n) is 12.9. The molecule has 2 amide bonds. The van der Waals surface area contributed by atoms with Crippen LogP contribution in [0.15, 0.2) is 18.2 Å². The number of methoxy groups -OCH3 is 1. The number of nitrogens with zero attached hydrogens (tertiary/aromatic N) is 2. The minimum atomic E-state index is -0.107. The second-order valence-electron chi connectivity index (χ2n) is 10.2. The van der Waals surface area contributed by atoms with Crippen LogP contribution < -0.4 is 10.1 Å². The quantitative estimate of drug-likeness (QED) is 0.685. The van der Waals surface area contributed by atoms with Crippen LogP contribution in [0.2, 0.25) is 0 Å². The van der Waals surface area contributed by atoms with E-state index < -0.39 is 0 Å². The smallest absolute Gasteiger partial charge is 0.257 e. The summed E-state index contributed by atoms with van der Waals surface area (Å²) in [5, 5.41) is 2.88. The van der Waals surface area contributed by atoms with Crippen LogP contribution >= 0.6 is 0 Å². The molecule has 0 aromatic heterocycles. The van der Waals surface area contributed by atoms with E-state index in [0.29, 0.717) is 36.6 Å². The van der Waals surface area contributed by atoms with Crippen molar-refractivity contribution in [1.82, 2.24) is 9.80 Å².